The fourth-order valence-electron chi connectivity index (χ4n) is 1.59. The highest BCUT2D eigenvalue weighted by Crippen LogP contribution is 2.20. The van der Waals surface area contributed by atoms with Gasteiger partial charge in [0.2, 0.25) is 0 Å². The molecule has 0 aliphatic carbocycles. The highest BCUT2D eigenvalue weighted by Gasteiger charge is 2.30. The summed E-state index contributed by atoms with van der Waals surface area (Å²) in [6.45, 7) is 5.03. The van der Waals surface area contributed by atoms with E-state index in [9.17, 15) is 9.59 Å². The minimum atomic E-state index is -1.04. The van der Waals surface area contributed by atoms with Crippen LogP contribution in [0.4, 0.5) is 0 Å². The van der Waals surface area contributed by atoms with Crippen molar-refractivity contribution in [1.29, 1.82) is 0 Å². The lowest BCUT2D eigenvalue weighted by molar-refractivity contribution is -0.138. The zero-order valence-electron chi connectivity index (χ0n) is 11.6. The van der Waals surface area contributed by atoms with E-state index in [0.29, 0.717) is 11.5 Å². The minimum absolute atomic E-state index is 0.181. The molecule has 0 fully saturated rings. The summed E-state index contributed by atoms with van der Waals surface area (Å²) < 4.78 is 5.44. The van der Waals surface area contributed by atoms with Gasteiger partial charge in [-0.2, -0.15) is 11.8 Å². The van der Waals surface area contributed by atoms with Crippen molar-refractivity contribution in [3.63, 3.8) is 0 Å². The molecule has 0 unspecified atom stereocenters. The third kappa shape index (κ3) is 4.31. The maximum Gasteiger partial charge on any atom is 0.323 e. The summed E-state index contributed by atoms with van der Waals surface area (Å²) in [6, 6.07) is 3.33. The Labute approximate surface area is 117 Å². The SMILES string of the molecule is CSCc1ccc(C(=O)N(CC(=O)O)C(C)(C)C)o1. The lowest BCUT2D eigenvalue weighted by atomic mass is 10.1. The zero-order valence-corrected chi connectivity index (χ0v) is 12.4. The summed E-state index contributed by atoms with van der Waals surface area (Å²) in [6.07, 6.45) is 1.94. The number of furan rings is 1. The molecular formula is C13H19NO4S. The molecular weight excluding hydrogens is 266 g/mol. The summed E-state index contributed by atoms with van der Waals surface area (Å²) in [4.78, 5) is 24.5. The average Bonchev–Trinajstić information content (AvgIpc) is 2.72. The van der Waals surface area contributed by atoms with Crippen LogP contribution in [-0.2, 0) is 10.5 Å². The number of hydrogen-bond donors (Lipinski definition) is 1. The quantitative estimate of drug-likeness (QED) is 0.900. The Morgan fingerprint density at radius 2 is 2.00 bits per heavy atom. The third-order valence-electron chi connectivity index (χ3n) is 2.51. The average molecular weight is 285 g/mol. The highest BCUT2D eigenvalue weighted by atomic mass is 32.2. The molecule has 0 radical (unpaired) electrons. The molecule has 0 saturated carbocycles. The molecule has 1 heterocycles. The van der Waals surface area contributed by atoms with Gasteiger partial charge in [-0.25, -0.2) is 0 Å². The van der Waals surface area contributed by atoms with Gasteiger partial charge in [0.25, 0.3) is 5.91 Å². The van der Waals surface area contributed by atoms with Crippen LogP contribution in [-0.4, -0.2) is 40.2 Å². The Bertz CT molecular complexity index is 461. The smallest absolute Gasteiger partial charge is 0.323 e. The molecule has 0 saturated heterocycles. The second-order valence-corrected chi connectivity index (χ2v) is 6.02. The van der Waals surface area contributed by atoms with Crippen LogP contribution in [0.3, 0.4) is 0 Å². The van der Waals surface area contributed by atoms with Crippen molar-refractivity contribution < 1.29 is 19.1 Å². The van der Waals surface area contributed by atoms with E-state index in [0.717, 1.165) is 0 Å². The largest absolute Gasteiger partial charge is 0.480 e. The van der Waals surface area contributed by atoms with E-state index in [2.05, 4.69) is 0 Å². The van der Waals surface area contributed by atoms with Gasteiger partial charge in [-0.05, 0) is 39.2 Å². The van der Waals surface area contributed by atoms with Crippen molar-refractivity contribution in [2.75, 3.05) is 12.8 Å². The van der Waals surface area contributed by atoms with E-state index in [1.165, 1.54) is 4.90 Å². The number of amides is 1. The van der Waals surface area contributed by atoms with E-state index < -0.39 is 17.4 Å². The molecule has 0 spiro atoms. The number of carboxylic acid groups (broad SMARTS) is 1. The van der Waals surface area contributed by atoms with Crippen molar-refractivity contribution in [2.45, 2.75) is 32.1 Å². The van der Waals surface area contributed by atoms with Crippen molar-refractivity contribution in [3.05, 3.63) is 23.7 Å². The van der Waals surface area contributed by atoms with Crippen LogP contribution in [0.25, 0.3) is 0 Å². The number of carboxylic acids is 1. The summed E-state index contributed by atoms with van der Waals surface area (Å²) in [5, 5.41) is 8.90. The lowest BCUT2D eigenvalue weighted by Gasteiger charge is -2.33. The molecule has 1 aromatic heterocycles. The Morgan fingerprint density at radius 1 is 1.37 bits per heavy atom. The zero-order chi connectivity index (χ0) is 14.6. The molecule has 0 aliphatic heterocycles. The van der Waals surface area contributed by atoms with Crippen molar-refractivity contribution >= 4 is 23.6 Å². The van der Waals surface area contributed by atoms with Gasteiger partial charge in [0.1, 0.15) is 12.3 Å². The molecule has 106 valence electrons. The van der Waals surface area contributed by atoms with E-state index in [1.807, 2.05) is 6.26 Å². The fraction of sp³-hybridized carbons (Fsp3) is 0.538. The van der Waals surface area contributed by atoms with Gasteiger partial charge in [0, 0.05) is 5.54 Å². The molecule has 1 amide bonds. The lowest BCUT2D eigenvalue weighted by Crippen LogP contribution is -2.48. The van der Waals surface area contributed by atoms with Crippen LogP contribution in [0.15, 0.2) is 16.5 Å². The van der Waals surface area contributed by atoms with Crippen LogP contribution >= 0.6 is 11.8 Å². The van der Waals surface area contributed by atoms with Gasteiger partial charge in [0.15, 0.2) is 5.76 Å². The molecule has 5 nitrogen and oxygen atoms in total. The van der Waals surface area contributed by atoms with E-state index in [4.69, 9.17) is 9.52 Å². The summed E-state index contributed by atoms with van der Waals surface area (Å²) in [7, 11) is 0. The van der Waals surface area contributed by atoms with Crippen LogP contribution < -0.4 is 0 Å². The molecule has 0 aliphatic rings. The molecule has 0 aromatic carbocycles. The second-order valence-electron chi connectivity index (χ2n) is 5.15. The number of carbonyl (C=O) groups is 2. The molecule has 0 atom stereocenters. The fourth-order valence-corrected chi connectivity index (χ4v) is 2.03. The first-order chi connectivity index (χ1) is 8.75. The molecule has 1 rings (SSSR count). The Hall–Kier alpha value is -1.43. The van der Waals surface area contributed by atoms with Crippen LogP contribution in [0.2, 0.25) is 0 Å². The predicted molar refractivity (Wildman–Crippen MR) is 74.4 cm³/mol. The number of aliphatic carboxylic acids is 1. The maximum absolute atomic E-state index is 12.3. The van der Waals surface area contributed by atoms with Crippen LogP contribution in [0, 0.1) is 0 Å². The minimum Gasteiger partial charge on any atom is -0.480 e. The van der Waals surface area contributed by atoms with Crippen molar-refractivity contribution in [1.82, 2.24) is 4.90 Å². The number of thioether (sulfide) groups is 1. The van der Waals surface area contributed by atoms with Gasteiger partial charge in [-0.15, -0.1) is 0 Å². The number of hydrogen-bond acceptors (Lipinski definition) is 4. The van der Waals surface area contributed by atoms with Crippen molar-refractivity contribution in [3.8, 4) is 0 Å². The summed E-state index contributed by atoms with van der Waals surface area (Å²) in [5.41, 5.74) is -0.581. The Morgan fingerprint density at radius 3 is 2.47 bits per heavy atom. The Kier molecular flexibility index (Phi) is 5.05. The molecule has 1 N–H and O–H groups in total. The van der Waals surface area contributed by atoms with Crippen LogP contribution in [0.5, 0.6) is 0 Å². The first kappa shape index (κ1) is 15.6. The predicted octanol–water partition coefficient (Wildman–Crippen LogP) is 2.47. The van der Waals surface area contributed by atoms with Crippen LogP contribution in [0.1, 0.15) is 37.1 Å². The Balaban J connectivity index is 2.95. The molecule has 1 aromatic rings. The van der Waals surface area contributed by atoms with E-state index in [-0.39, 0.29) is 12.3 Å². The second kappa shape index (κ2) is 6.14. The highest BCUT2D eigenvalue weighted by molar-refractivity contribution is 7.97. The third-order valence-corrected chi connectivity index (χ3v) is 3.08. The van der Waals surface area contributed by atoms with Gasteiger partial charge in [-0.1, -0.05) is 0 Å². The normalized spacial score (nSPS) is 11.4. The van der Waals surface area contributed by atoms with E-state index in [1.54, 1.807) is 44.7 Å². The first-order valence-electron chi connectivity index (χ1n) is 5.87. The number of nitrogens with zero attached hydrogens (tertiary/aromatic N) is 1. The van der Waals surface area contributed by atoms with Gasteiger partial charge in [-0.3, -0.25) is 9.59 Å². The first-order valence-corrected chi connectivity index (χ1v) is 7.26. The maximum atomic E-state index is 12.3. The molecule has 6 heteroatoms. The number of rotatable bonds is 5. The summed E-state index contributed by atoms with van der Waals surface area (Å²) in [5.74, 6) is 0.128. The van der Waals surface area contributed by atoms with Gasteiger partial charge in [0.05, 0.1) is 5.75 Å². The van der Waals surface area contributed by atoms with E-state index >= 15 is 0 Å². The standard InChI is InChI=1S/C13H19NO4S/c1-13(2,3)14(7-11(15)16)12(17)10-6-5-9(18-10)8-19-4/h5-6H,7-8H2,1-4H3,(H,15,16). The van der Waals surface area contributed by atoms with Gasteiger partial charge < -0.3 is 14.4 Å². The number of carbonyl (C=O) groups excluding carboxylic acids is 1. The monoisotopic (exact) mass is 285 g/mol. The molecule has 0 bridgehead atoms. The topological polar surface area (TPSA) is 70.8 Å². The van der Waals surface area contributed by atoms with Gasteiger partial charge >= 0.3 is 5.97 Å². The van der Waals surface area contributed by atoms with Crippen molar-refractivity contribution in [2.24, 2.45) is 0 Å². The summed E-state index contributed by atoms with van der Waals surface area (Å²) >= 11 is 1.59. The molecule has 19 heavy (non-hydrogen) atoms.